The highest BCUT2D eigenvalue weighted by Crippen LogP contribution is 2.59. The summed E-state index contributed by atoms with van der Waals surface area (Å²) in [5.74, 6) is -1.25. The van der Waals surface area contributed by atoms with Crippen LogP contribution in [0.1, 0.15) is 27.0 Å². The Balaban J connectivity index is 1.34. The van der Waals surface area contributed by atoms with Crippen LogP contribution >= 0.6 is 10.2 Å². The van der Waals surface area contributed by atoms with Crippen LogP contribution in [0.25, 0.3) is 10.8 Å². The number of nitrogens with zero attached hydrogens (tertiary/aromatic N) is 2. The normalized spacial score (nSPS) is 17.5. The van der Waals surface area contributed by atoms with E-state index in [1.54, 1.807) is 24.0 Å². The third-order valence-electron chi connectivity index (χ3n) is 7.70. The number of hydrogen-bond acceptors (Lipinski definition) is 5. The first-order chi connectivity index (χ1) is 17.7. The summed E-state index contributed by atoms with van der Waals surface area (Å²) >= 11 is 0. The van der Waals surface area contributed by atoms with E-state index in [-0.39, 0.29) is 29.6 Å². The molecule has 9 heteroatoms. The number of carboxylic acids is 1. The first kappa shape index (κ1) is 25.7. The molecule has 2 fully saturated rings. The quantitative estimate of drug-likeness (QED) is 0.416. The number of fused-ring (bicyclic) bond motifs is 1. The molecule has 0 aromatic heterocycles. The van der Waals surface area contributed by atoms with Crippen molar-refractivity contribution in [1.29, 1.82) is 0 Å². The third kappa shape index (κ3) is 4.61. The van der Waals surface area contributed by atoms with Gasteiger partial charge in [0, 0.05) is 37.3 Å². The van der Waals surface area contributed by atoms with Crippen molar-refractivity contribution in [3.8, 4) is 0 Å². The molecule has 0 radical (unpaired) electrons. The molecule has 0 bridgehead atoms. The number of rotatable bonds is 8. The number of aliphatic carboxylic acids is 1. The van der Waals surface area contributed by atoms with Gasteiger partial charge >= 0.3 is 5.97 Å². The Labute approximate surface area is 216 Å². The van der Waals surface area contributed by atoms with Crippen LogP contribution in [0.3, 0.4) is 0 Å². The zero-order chi connectivity index (χ0) is 26.4. The number of carboxylic acid groups (broad SMARTS) is 1. The number of halogens is 1. The smallest absolute Gasteiger partial charge is 0.307 e. The van der Waals surface area contributed by atoms with Crippen LogP contribution in [0.15, 0.2) is 54.6 Å². The molecular formula is C28H31FN2O5S. The Morgan fingerprint density at radius 3 is 2.30 bits per heavy atom. The third-order valence-corrected chi connectivity index (χ3v) is 10.9. The fraction of sp³-hybridized carbons (Fsp3) is 0.357. The zero-order valence-electron chi connectivity index (χ0n) is 20.7. The second-order valence-corrected chi connectivity index (χ2v) is 13.6. The molecular weight excluding hydrogens is 495 g/mol. The van der Waals surface area contributed by atoms with Gasteiger partial charge < -0.3 is 20.2 Å². The summed E-state index contributed by atoms with van der Waals surface area (Å²) in [5, 5.41) is 31.0. The molecule has 3 aromatic carbocycles. The number of aliphatic hydroxyl groups is 2. The lowest BCUT2D eigenvalue weighted by atomic mass is 9.74. The summed E-state index contributed by atoms with van der Waals surface area (Å²) in [6, 6.07) is 15.8. The summed E-state index contributed by atoms with van der Waals surface area (Å²) in [6.07, 6.45) is -0.215. The molecule has 2 aliphatic heterocycles. The topological polar surface area (TPSA) is 101 Å². The summed E-state index contributed by atoms with van der Waals surface area (Å²) in [7, 11) is -1.82. The van der Waals surface area contributed by atoms with E-state index < -0.39 is 22.0 Å². The van der Waals surface area contributed by atoms with Crippen LogP contribution in [0, 0.1) is 18.2 Å². The van der Waals surface area contributed by atoms with Crippen LogP contribution in [0.4, 0.5) is 4.39 Å². The van der Waals surface area contributed by atoms with Crippen LogP contribution in [-0.2, 0) is 17.0 Å². The molecule has 0 aliphatic carbocycles. The minimum atomic E-state index is -1.82. The molecule has 0 atom stereocenters. The number of carbonyl (C=O) groups excluding carboxylic acids is 1. The lowest BCUT2D eigenvalue weighted by Crippen LogP contribution is -2.73. The zero-order valence-corrected chi connectivity index (χ0v) is 21.5. The Morgan fingerprint density at radius 1 is 1.00 bits per heavy atom. The molecule has 37 heavy (non-hydrogen) atoms. The number of hydrogen-bond donors (Lipinski definition) is 3. The van der Waals surface area contributed by atoms with Gasteiger partial charge in [0.2, 0.25) is 0 Å². The molecule has 2 aliphatic rings. The van der Waals surface area contributed by atoms with Gasteiger partial charge in [0.1, 0.15) is 5.82 Å². The fourth-order valence-electron chi connectivity index (χ4n) is 5.66. The second kappa shape index (κ2) is 9.72. The number of carbonyl (C=O) groups is 2. The van der Waals surface area contributed by atoms with E-state index in [1.165, 1.54) is 12.1 Å². The summed E-state index contributed by atoms with van der Waals surface area (Å²) in [4.78, 5) is 26.8. The maximum Gasteiger partial charge on any atom is 0.307 e. The van der Waals surface area contributed by atoms with E-state index in [1.807, 2.05) is 30.3 Å². The first-order valence-electron chi connectivity index (χ1n) is 12.2. The summed E-state index contributed by atoms with van der Waals surface area (Å²) in [5.41, 5.74) is 2.44. The second-order valence-electron chi connectivity index (χ2n) is 10.3. The Morgan fingerprint density at radius 2 is 1.68 bits per heavy atom. The van der Waals surface area contributed by atoms with Gasteiger partial charge in [-0.2, -0.15) is 0 Å². The van der Waals surface area contributed by atoms with E-state index >= 15 is 0 Å². The van der Waals surface area contributed by atoms with E-state index in [0.717, 1.165) is 5.56 Å². The molecule has 0 unspecified atom stereocenters. The van der Waals surface area contributed by atoms with Crippen LogP contribution < -0.4 is 0 Å². The van der Waals surface area contributed by atoms with Gasteiger partial charge in [0.05, 0.1) is 23.9 Å². The average molecular weight is 527 g/mol. The highest BCUT2D eigenvalue weighted by molar-refractivity contribution is 8.30. The predicted molar refractivity (Wildman–Crippen MR) is 142 cm³/mol. The van der Waals surface area contributed by atoms with Crippen LogP contribution in [0.2, 0.25) is 0 Å². The standard InChI is InChI=1S/C28H31FN2O5S/c1-19-22(10-25(34)35)9-21-7-8-23(29)11-24(21)26(19)27(36)30-13-28(14-30)15-31(16-28)37(17-32,18-33)12-20-5-3-2-4-6-20/h2-9,11,32-33H,10,12-18H2,1H3,(H,34,35). The highest BCUT2D eigenvalue weighted by Gasteiger charge is 2.56. The number of amides is 1. The van der Waals surface area contributed by atoms with Crippen molar-refractivity contribution in [3.05, 3.63) is 82.7 Å². The largest absolute Gasteiger partial charge is 0.481 e. The fourth-order valence-corrected chi connectivity index (χ4v) is 8.35. The van der Waals surface area contributed by atoms with Crippen LogP contribution in [-0.4, -0.2) is 74.5 Å². The van der Waals surface area contributed by atoms with Crippen molar-refractivity contribution in [2.45, 2.75) is 19.1 Å². The maximum atomic E-state index is 14.1. The predicted octanol–water partition coefficient (Wildman–Crippen LogP) is 3.49. The van der Waals surface area contributed by atoms with Gasteiger partial charge in [-0.05, 0) is 46.5 Å². The molecule has 3 N–H and O–H groups in total. The molecule has 5 rings (SSSR count). The first-order valence-corrected chi connectivity index (χ1v) is 14.3. The van der Waals surface area contributed by atoms with Crippen LogP contribution in [0.5, 0.6) is 0 Å². The van der Waals surface area contributed by atoms with Crippen molar-refractivity contribution >= 4 is 32.9 Å². The molecule has 1 spiro atoms. The summed E-state index contributed by atoms with van der Waals surface area (Å²) < 4.78 is 16.3. The number of aliphatic hydroxyl groups excluding tert-OH is 2. The van der Waals surface area contributed by atoms with Gasteiger partial charge in [0.25, 0.3) is 5.91 Å². The van der Waals surface area contributed by atoms with Crippen molar-refractivity contribution in [2.75, 3.05) is 38.1 Å². The van der Waals surface area contributed by atoms with Crippen molar-refractivity contribution in [1.82, 2.24) is 9.21 Å². The SMILES string of the molecule is Cc1c(CC(=O)O)cc2ccc(F)cc2c1C(=O)N1CC2(C1)CN(S(CO)(CO)Cc1ccccc1)C2. The van der Waals surface area contributed by atoms with E-state index in [0.29, 0.717) is 59.4 Å². The average Bonchev–Trinajstić information content (AvgIpc) is 2.82. The molecule has 7 nitrogen and oxygen atoms in total. The molecule has 2 heterocycles. The Bertz CT molecular complexity index is 1350. The number of benzene rings is 3. The van der Waals surface area contributed by atoms with Gasteiger partial charge in [-0.1, -0.05) is 42.5 Å². The van der Waals surface area contributed by atoms with Crippen molar-refractivity contribution in [3.63, 3.8) is 0 Å². The molecule has 0 saturated carbocycles. The maximum absolute atomic E-state index is 14.1. The van der Waals surface area contributed by atoms with Crippen molar-refractivity contribution < 1.29 is 29.3 Å². The molecule has 2 saturated heterocycles. The number of likely N-dealkylation sites (tertiary alicyclic amines) is 1. The van der Waals surface area contributed by atoms with Gasteiger partial charge in [-0.3, -0.25) is 13.9 Å². The van der Waals surface area contributed by atoms with E-state index in [4.69, 9.17) is 0 Å². The minimum Gasteiger partial charge on any atom is -0.481 e. The molecule has 1 amide bonds. The Kier molecular flexibility index (Phi) is 6.74. The highest BCUT2D eigenvalue weighted by atomic mass is 32.3. The Hall–Kier alpha value is -2.98. The molecule has 196 valence electrons. The van der Waals surface area contributed by atoms with Crippen molar-refractivity contribution in [2.24, 2.45) is 5.41 Å². The summed E-state index contributed by atoms with van der Waals surface area (Å²) in [6.45, 7) is 4.15. The lowest BCUT2D eigenvalue weighted by Gasteiger charge is -2.65. The minimum absolute atomic E-state index is 0.0930. The van der Waals surface area contributed by atoms with E-state index in [9.17, 15) is 29.3 Å². The van der Waals surface area contributed by atoms with Gasteiger partial charge in [-0.15, -0.1) is 10.2 Å². The lowest BCUT2D eigenvalue weighted by molar-refractivity contribution is -0.136. The monoisotopic (exact) mass is 526 g/mol. The van der Waals surface area contributed by atoms with Gasteiger partial charge in [-0.25, -0.2) is 4.39 Å². The van der Waals surface area contributed by atoms with Gasteiger partial charge in [0.15, 0.2) is 0 Å². The van der Waals surface area contributed by atoms with E-state index in [2.05, 4.69) is 4.31 Å². The molecule has 3 aromatic rings.